The van der Waals surface area contributed by atoms with Crippen LogP contribution in [-0.4, -0.2) is 80.1 Å². The van der Waals surface area contributed by atoms with Crippen molar-refractivity contribution in [3.63, 3.8) is 0 Å². The van der Waals surface area contributed by atoms with E-state index in [-0.39, 0.29) is 30.6 Å². The molecule has 14 heteroatoms. The van der Waals surface area contributed by atoms with Gasteiger partial charge in [0.2, 0.25) is 5.91 Å². The largest absolute Gasteiger partial charge is 0.479 e. The minimum absolute atomic E-state index is 0.0698. The van der Waals surface area contributed by atoms with Crippen molar-refractivity contribution >= 4 is 29.8 Å². The number of ether oxygens (including phenoxy) is 2. The molecule has 0 aliphatic carbocycles. The van der Waals surface area contributed by atoms with E-state index in [4.69, 9.17) is 9.47 Å². The second-order valence-corrected chi connectivity index (χ2v) is 14.4. The molecule has 1 aliphatic rings. The summed E-state index contributed by atoms with van der Waals surface area (Å²) in [5.41, 5.74) is -2.38. The summed E-state index contributed by atoms with van der Waals surface area (Å²) in [7, 11) is 0. The van der Waals surface area contributed by atoms with Gasteiger partial charge in [0, 0.05) is 38.4 Å². The highest BCUT2D eigenvalue weighted by Crippen LogP contribution is 2.34. The first kappa shape index (κ1) is 37.3. The predicted molar refractivity (Wildman–Crippen MR) is 176 cm³/mol. The van der Waals surface area contributed by atoms with Gasteiger partial charge in [-0.15, -0.1) is 0 Å². The minimum Gasteiger partial charge on any atom is -0.479 e. The lowest BCUT2D eigenvalue weighted by Gasteiger charge is -2.42. The van der Waals surface area contributed by atoms with Crippen molar-refractivity contribution in [2.75, 3.05) is 18.5 Å². The maximum atomic E-state index is 13.7. The number of imidazole rings is 1. The van der Waals surface area contributed by atoms with Crippen molar-refractivity contribution < 1.29 is 33.8 Å². The molecule has 3 heterocycles. The van der Waals surface area contributed by atoms with Crippen molar-refractivity contribution in [1.82, 2.24) is 30.5 Å². The standard InChI is InChI=1S/C33H51N7O7/c1-21(2)25-19-46-14-10-9-13-40-18-23(35-20-40)15-24(27(41)36-25)37-29(44)39-33(28(42)43,31(3,4)5)16-22-11-12-26(34-17-22)38-30(45)47-32(6,7)8/h11-12,17-18,20-21,24-25H,9-10,13-16,19H2,1-8H3,(H,36,41)(H,42,43)(H,34,38,45)(H2,37,39,44)/t24-,25-,33?/m1/s1. The number of pyridine rings is 1. The van der Waals surface area contributed by atoms with Gasteiger partial charge in [0.15, 0.2) is 0 Å². The highest BCUT2D eigenvalue weighted by Gasteiger charge is 2.50. The Labute approximate surface area is 276 Å². The third-order valence-corrected chi connectivity index (χ3v) is 8.00. The molecule has 0 saturated heterocycles. The molecule has 47 heavy (non-hydrogen) atoms. The molecule has 1 aliphatic heterocycles. The number of aromatic nitrogens is 3. The van der Waals surface area contributed by atoms with Gasteiger partial charge in [-0.2, -0.15) is 0 Å². The lowest BCUT2D eigenvalue weighted by Crippen LogP contribution is -2.67. The van der Waals surface area contributed by atoms with E-state index in [2.05, 4.69) is 31.2 Å². The number of hydrogen-bond donors (Lipinski definition) is 5. The fourth-order valence-corrected chi connectivity index (χ4v) is 5.10. The van der Waals surface area contributed by atoms with Gasteiger partial charge in [-0.05, 0) is 56.6 Å². The Morgan fingerprint density at radius 2 is 1.85 bits per heavy atom. The Morgan fingerprint density at radius 3 is 2.45 bits per heavy atom. The van der Waals surface area contributed by atoms with Gasteiger partial charge in [-0.25, -0.2) is 24.4 Å². The van der Waals surface area contributed by atoms with Crippen molar-refractivity contribution in [2.24, 2.45) is 11.3 Å². The van der Waals surface area contributed by atoms with Gasteiger partial charge in [0.25, 0.3) is 0 Å². The number of nitrogens with one attached hydrogen (secondary N) is 4. The molecule has 260 valence electrons. The molecular weight excluding hydrogens is 606 g/mol. The van der Waals surface area contributed by atoms with Crippen LogP contribution in [0.1, 0.15) is 79.5 Å². The first-order chi connectivity index (χ1) is 21.9. The second-order valence-electron chi connectivity index (χ2n) is 14.4. The van der Waals surface area contributed by atoms with Gasteiger partial charge >= 0.3 is 18.1 Å². The zero-order valence-electron chi connectivity index (χ0n) is 28.8. The Bertz CT molecular complexity index is 1380. The number of carboxylic acid groups (broad SMARTS) is 1. The third kappa shape index (κ3) is 10.9. The van der Waals surface area contributed by atoms with E-state index in [0.717, 1.165) is 19.4 Å². The molecular formula is C33H51N7O7. The summed E-state index contributed by atoms with van der Waals surface area (Å²) in [6.07, 6.45) is 6.05. The van der Waals surface area contributed by atoms with Crippen LogP contribution in [0.3, 0.4) is 0 Å². The first-order valence-corrected chi connectivity index (χ1v) is 16.0. The predicted octanol–water partition coefficient (Wildman–Crippen LogP) is 3.90. The molecule has 14 nitrogen and oxygen atoms in total. The van der Waals surface area contributed by atoms with Gasteiger partial charge in [-0.1, -0.05) is 40.7 Å². The van der Waals surface area contributed by atoms with E-state index >= 15 is 0 Å². The number of aliphatic carboxylic acids is 1. The number of anilines is 1. The van der Waals surface area contributed by atoms with Crippen LogP contribution in [0.4, 0.5) is 15.4 Å². The number of rotatable bonds is 7. The number of fused-ring (bicyclic) bond motifs is 2. The summed E-state index contributed by atoms with van der Waals surface area (Å²) in [5, 5.41) is 21.6. The molecule has 0 fully saturated rings. The highest BCUT2D eigenvalue weighted by molar-refractivity contribution is 5.91. The van der Waals surface area contributed by atoms with Crippen molar-refractivity contribution in [2.45, 2.75) is 111 Å². The Kier molecular flexibility index (Phi) is 12.4. The molecule has 1 unspecified atom stereocenters. The number of carbonyl (C=O) groups is 4. The molecule has 0 aromatic carbocycles. The van der Waals surface area contributed by atoms with Crippen LogP contribution in [-0.2, 0) is 38.4 Å². The summed E-state index contributed by atoms with van der Waals surface area (Å²) < 4.78 is 13.0. The van der Waals surface area contributed by atoms with Crippen LogP contribution in [0.2, 0.25) is 0 Å². The Hall–Kier alpha value is -4.20. The lowest BCUT2D eigenvalue weighted by molar-refractivity contribution is -0.149. The molecule has 3 atom stereocenters. The van der Waals surface area contributed by atoms with E-state index in [1.54, 1.807) is 53.9 Å². The minimum atomic E-state index is -1.81. The zero-order valence-corrected chi connectivity index (χ0v) is 28.8. The Morgan fingerprint density at radius 1 is 1.13 bits per heavy atom. The summed E-state index contributed by atoms with van der Waals surface area (Å²) in [4.78, 5) is 61.1. The van der Waals surface area contributed by atoms with Crippen LogP contribution in [0.5, 0.6) is 0 Å². The SMILES string of the molecule is CC(C)[C@H]1COCCCCn2cnc(c2)C[C@@H](NC(=O)NC(Cc2ccc(NC(=O)OC(C)(C)C)nc2)(C(=O)O)C(C)(C)C)C(=O)N1. The average Bonchev–Trinajstić information content (AvgIpc) is 3.39. The first-order valence-electron chi connectivity index (χ1n) is 16.0. The molecule has 2 bridgehead atoms. The fourth-order valence-electron chi connectivity index (χ4n) is 5.10. The van der Waals surface area contributed by atoms with E-state index in [9.17, 15) is 24.3 Å². The number of amides is 4. The summed E-state index contributed by atoms with van der Waals surface area (Å²) in [5.74, 6) is -1.40. The maximum Gasteiger partial charge on any atom is 0.413 e. The molecule has 2 aromatic heterocycles. The van der Waals surface area contributed by atoms with Crippen LogP contribution in [0, 0.1) is 11.3 Å². The van der Waals surface area contributed by atoms with Gasteiger partial charge in [0.05, 0.1) is 24.7 Å². The lowest BCUT2D eigenvalue weighted by atomic mass is 9.70. The number of nitrogens with zero attached hydrogens (tertiary/aromatic N) is 3. The van der Waals surface area contributed by atoms with Crippen LogP contribution in [0.15, 0.2) is 30.9 Å². The topological polar surface area (TPSA) is 186 Å². The van der Waals surface area contributed by atoms with Crippen molar-refractivity contribution in [1.29, 1.82) is 0 Å². The molecule has 4 amide bonds. The number of hydrogen-bond acceptors (Lipinski definition) is 8. The molecule has 2 aromatic rings. The van der Waals surface area contributed by atoms with E-state index in [1.165, 1.54) is 12.3 Å². The smallest absolute Gasteiger partial charge is 0.413 e. The molecule has 0 spiro atoms. The second kappa shape index (κ2) is 15.6. The van der Waals surface area contributed by atoms with E-state index < -0.39 is 46.6 Å². The summed E-state index contributed by atoms with van der Waals surface area (Å²) in [6, 6.07) is 0.994. The maximum absolute atomic E-state index is 13.7. The van der Waals surface area contributed by atoms with E-state index in [0.29, 0.717) is 24.5 Å². The van der Waals surface area contributed by atoms with Crippen molar-refractivity contribution in [3.8, 4) is 0 Å². The Balaban J connectivity index is 1.84. The molecule has 0 saturated carbocycles. The van der Waals surface area contributed by atoms with Crippen LogP contribution >= 0.6 is 0 Å². The zero-order chi connectivity index (χ0) is 35.0. The number of carbonyl (C=O) groups excluding carboxylic acids is 3. The third-order valence-electron chi connectivity index (χ3n) is 8.00. The number of aryl methyl sites for hydroxylation is 1. The number of urea groups is 1. The molecule has 3 rings (SSSR count). The fraction of sp³-hybridized carbons (Fsp3) is 0.636. The van der Waals surface area contributed by atoms with Gasteiger partial charge < -0.3 is 35.1 Å². The van der Waals surface area contributed by atoms with Gasteiger partial charge in [0.1, 0.15) is 23.0 Å². The van der Waals surface area contributed by atoms with Gasteiger partial charge in [-0.3, -0.25) is 10.1 Å². The van der Waals surface area contributed by atoms with Crippen LogP contribution < -0.4 is 21.3 Å². The summed E-state index contributed by atoms with van der Waals surface area (Å²) >= 11 is 0. The number of carboxylic acids is 1. The molecule has 0 radical (unpaired) electrons. The van der Waals surface area contributed by atoms with Crippen molar-refractivity contribution in [3.05, 3.63) is 42.1 Å². The molecule has 5 N–H and O–H groups in total. The quantitative estimate of drug-likeness (QED) is 0.295. The normalized spacial score (nSPS) is 19.5. The average molecular weight is 658 g/mol. The van der Waals surface area contributed by atoms with E-state index in [1.807, 2.05) is 24.6 Å². The monoisotopic (exact) mass is 657 g/mol. The van der Waals surface area contributed by atoms with Crippen LogP contribution in [0.25, 0.3) is 0 Å². The summed E-state index contributed by atoms with van der Waals surface area (Å²) in [6.45, 7) is 16.0. The highest BCUT2D eigenvalue weighted by atomic mass is 16.6.